The first-order valence-corrected chi connectivity index (χ1v) is 9.14. The summed E-state index contributed by atoms with van der Waals surface area (Å²) in [6.45, 7) is 1.60. The van der Waals surface area contributed by atoms with E-state index in [1.54, 1.807) is 13.0 Å². The fourth-order valence-corrected chi connectivity index (χ4v) is 3.14. The van der Waals surface area contributed by atoms with Crippen LogP contribution in [0.1, 0.15) is 31.8 Å². The number of allylic oxidation sites excluding steroid dienone is 1. The number of Topliss-reactive ketones (excluding diaryl/α,β-unsaturated/α-hetero) is 1. The van der Waals surface area contributed by atoms with Crippen LogP contribution in [0, 0.1) is 22.9 Å². The Morgan fingerprint density at radius 3 is 2.65 bits per heavy atom. The van der Waals surface area contributed by atoms with Crippen LogP contribution in [-0.4, -0.2) is 16.7 Å². The number of halogens is 1. The van der Waals surface area contributed by atoms with Crippen LogP contribution in [0.5, 0.6) is 11.5 Å². The zero-order valence-electron chi connectivity index (χ0n) is 16.1. The highest BCUT2D eigenvalue weighted by molar-refractivity contribution is 6.15. The fourth-order valence-electron chi connectivity index (χ4n) is 3.14. The molecule has 0 saturated carbocycles. The number of benzene rings is 3. The number of ether oxygens (including phenoxy) is 2. The van der Waals surface area contributed by atoms with Gasteiger partial charge in [0.25, 0.3) is 5.69 Å². The van der Waals surface area contributed by atoms with Gasteiger partial charge in [-0.3, -0.25) is 14.9 Å². The molecule has 0 saturated heterocycles. The third-order valence-electron chi connectivity index (χ3n) is 4.71. The first-order chi connectivity index (χ1) is 14.8. The van der Waals surface area contributed by atoms with Crippen LogP contribution in [0.15, 0.2) is 66.4 Å². The molecule has 0 aromatic heterocycles. The lowest BCUT2D eigenvalue weighted by Crippen LogP contribution is -2.11. The van der Waals surface area contributed by atoms with E-state index in [4.69, 9.17) is 9.47 Å². The highest BCUT2D eigenvalue weighted by atomic mass is 19.1. The lowest BCUT2D eigenvalue weighted by Gasteiger charge is -2.10. The summed E-state index contributed by atoms with van der Waals surface area (Å²) in [4.78, 5) is 35.4. The molecule has 0 atom stereocenters. The number of fused-ring (bicyclic) bond motifs is 1. The van der Waals surface area contributed by atoms with Crippen LogP contribution in [0.2, 0.25) is 0 Å². The lowest BCUT2D eigenvalue weighted by atomic mass is 10.1. The predicted octanol–water partition coefficient (Wildman–Crippen LogP) is 4.88. The molecule has 0 radical (unpaired) electrons. The number of nitro benzene ring substituents is 1. The average molecular weight is 419 g/mol. The SMILES string of the molecule is Cc1c(OC(=O)c2ccccc2F)ccc2c1O/C(=C\c1cccc([N+](=O)[O-])c1)C2=O. The van der Waals surface area contributed by atoms with Crippen molar-refractivity contribution in [3.8, 4) is 11.5 Å². The molecule has 0 amide bonds. The van der Waals surface area contributed by atoms with E-state index >= 15 is 0 Å². The molecule has 4 rings (SSSR count). The molecule has 31 heavy (non-hydrogen) atoms. The summed E-state index contributed by atoms with van der Waals surface area (Å²) < 4.78 is 24.8. The van der Waals surface area contributed by atoms with E-state index in [-0.39, 0.29) is 34.1 Å². The van der Waals surface area contributed by atoms with E-state index in [0.29, 0.717) is 11.1 Å². The zero-order valence-corrected chi connectivity index (χ0v) is 16.1. The Morgan fingerprint density at radius 1 is 1.13 bits per heavy atom. The quantitative estimate of drug-likeness (QED) is 0.197. The Labute approximate surface area is 175 Å². The average Bonchev–Trinajstić information content (AvgIpc) is 3.06. The fraction of sp³-hybridized carbons (Fsp3) is 0.0435. The van der Waals surface area contributed by atoms with Crippen molar-refractivity contribution in [3.63, 3.8) is 0 Å². The summed E-state index contributed by atoms with van der Waals surface area (Å²) in [7, 11) is 0. The number of nitrogens with zero attached hydrogens (tertiary/aromatic N) is 1. The number of ketones is 1. The molecular formula is C23H14FNO6. The van der Waals surface area contributed by atoms with E-state index in [2.05, 4.69) is 0 Å². The van der Waals surface area contributed by atoms with Crippen LogP contribution in [0.25, 0.3) is 6.08 Å². The molecule has 0 fully saturated rings. The van der Waals surface area contributed by atoms with Crippen molar-refractivity contribution in [2.45, 2.75) is 6.92 Å². The van der Waals surface area contributed by atoms with Crippen molar-refractivity contribution in [2.75, 3.05) is 0 Å². The molecule has 7 nitrogen and oxygen atoms in total. The van der Waals surface area contributed by atoms with Gasteiger partial charge in [0.1, 0.15) is 17.3 Å². The van der Waals surface area contributed by atoms with Gasteiger partial charge < -0.3 is 9.47 Å². The zero-order chi connectivity index (χ0) is 22.1. The van der Waals surface area contributed by atoms with Crippen molar-refractivity contribution in [1.82, 2.24) is 0 Å². The first kappa shape index (κ1) is 20.0. The van der Waals surface area contributed by atoms with E-state index in [0.717, 1.165) is 6.07 Å². The molecule has 154 valence electrons. The van der Waals surface area contributed by atoms with Gasteiger partial charge in [0.15, 0.2) is 5.76 Å². The Morgan fingerprint density at radius 2 is 1.90 bits per heavy atom. The molecule has 3 aromatic rings. The summed E-state index contributed by atoms with van der Waals surface area (Å²) in [6, 6.07) is 14.1. The van der Waals surface area contributed by atoms with Gasteiger partial charge >= 0.3 is 5.97 Å². The summed E-state index contributed by atoms with van der Waals surface area (Å²) in [6.07, 6.45) is 1.40. The number of rotatable bonds is 4. The second kappa shape index (κ2) is 7.83. The van der Waals surface area contributed by atoms with Crippen molar-refractivity contribution >= 4 is 23.5 Å². The Kier molecular flexibility index (Phi) is 5.04. The molecule has 0 N–H and O–H groups in total. The maximum absolute atomic E-state index is 13.8. The number of nitro groups is 1. The maximum Gasteiger partial charge on any atom is 0.346 e. The number of hydrogen-bond donors (Lipinski definition) is 0. The van der Waals surface area contributed by atoms with Gasteiger partial charge in [-0.15, -0.1) is 0 Å². The van der Waals surface area contributed by atoms with E-state index in [1.807, 2.05) is 0 Å². The number of carbonyl (C=O) groups excluding carboxylic acids is 2. The highest BCUT2D eigenvalue weighted by Crippen LogP contribution is 2.39. The summed E-state index contributed by atoms with van der Waals surface area (Å²) in [5.41, 5.74) is 0.744. The van der Waals surface area contributed by atoms with Crippen LogP contribution in [-0.2, 0) is 0 Å². The van der Waals surface area contributed by atoms with Gasteiger partial charge in [0, 0.05) is 17.7 Å². The summed E-state index contributed by atoms with van der Waals surface area (Å²) in [5, 5.41) is 10.9. The third-order valence-corrected chi connectivity index (χ3v) is 4.71. The Balaban J connectivity index is 1.63. The maximum atomic E-state index is 13.8. The minimum absolute atomic E-state index is 0.0174. The number of carbonyl (C=O) groups is 2. The molecule has 0 bridgehead atoms. The summed E-state index contributed by atoms with van der Waals surface area (Å²) >= 11 is 0. The predicted molar refractivity (Wildman–Crippen MR) is 109 cm³/mol. The van der Waals surface area contributed by atoms with Crippen molar-refractivity contribution in [1.29, 1.82) is 0 Å². The van der Waals surface area contributed by atoms with E-state index in [9.17, 15) is 24.1 Å². The first-order valence-electron chi connectivity index (χ1n) is 9.14. The van der Waals surface area contributed by atoms with Crippen molar-refractivity contribution < 1.29 is 28.4 Å². The second-order valence-corrected chi connectivity index (χ2v) is 6.73. The summed E-state index contributed by atoms with van der Waals surface area (Å²) in [5.74, 6) is -1.68. The number of hydrogen-bond acceptors (Lipinski definition) is 6. The molecule has 1 heterocycles. The van der Waals surface area contributed by atoms with Gasteiger partial charge in [-0.25, -0.2) is 9.18 Å². The van der Waals surface area contributed by atoms with Gasteiger partial charge in [-0.05, 0) is 42.8 Å². The van der Waals surface area contributed by atoms with Crippen molar-refractivity contribution in [3.05, 3.63) is 105 Å². The minimum Gasteiger partial charge on any atom is -0.452 e. The van der Waals surface area contributed by atoms with Gasteiger partial charge in [-0.2, -0.15) is 0 Å². The highest BCUT2D eigenvalue weighted by Gasteiger charge is 2.31. The van der Waals surface area contributed by atoms with Gasteiger partial charge in [0.2, 0.25) is 5.78 Å². The normalized spacial score (nSPS) is 13.6. The largest absolute Gasteiger partial charge is 0.452 e. The Bertz CT molecular complexity index is 1280. The second-order valence-electron chi connectivity index (χ2n) is 6.73. The van der Waals surface area contributed by atoms with Crippen LogP contribution in [0.4, 0.5) is 10.1 Å². The molecule has 0 aliphatic carbocycles. The molecule has 3 aromatic carbocycles. The monoisotopic (exact) mass is 419 g/mol. The Hall–Kier alpha value is -4.33. The number of non-ortho nitro benzene ring substituents is 1. The number of esters is 1. The molecule has 0 unspecified atom stereocenters. The smallest absolute Gasteiger partial charge is 0.346 e. The van der Waals surface area contributed by atoms with Crippen LogP contribution in [0.3, 0.4) is 0 Å². The van der Waals surface area contributed by atoms with E-state index < -0.39 is 22.5 Å². The third kappa shape index (κ3) is 3.78. The molecule has 0 spiro atoms. The van der Waals surface area contributed by atoms with Gasteiger partial charge in [0.05, 0.1) is 16.1 Å². The molecule has 1 aliphatic rings. The topological polar surface area (TPSA) is 95.7 Å². The van der Waals surface area contributed by atoms with Crippen LogP contribution >= 0.6 is 0 Å². The standard InChI is InChI=1S/C23H14FNO6/c1-13-19(31-23(27)16-7-2-3-8-18(16)24)10-9-17-21(26)20(30-22(13)17)12-14-5-4-6-15(11-14)25(28)29/h2-12H,1H3/b20-12-. The van der Waals surface area contributed by atoms with Crippen LogP contribution < -0.4 is 9.47 Å². The van der Waals surface area contributed by atoms with Gasteiger partial charge in [-0.1, -0.05) is 24.3 Å². The van der Waals surface area contributed by atoms with Crippen molar-refractivity contribution in [2.24, 2.45) is 0 Å². The van der Waals surface area contributed by atoms with E-state index in [1.165, 1.54) is 54.6 Å². The minimum atomic E-state index is -0.877. The molecule has 8 heteroatoms. The molecular weight excluding hydrogens is 405 g/mol. The molecule has 1 aliphatic heterocycles. The lowest BCUT2D eigenvalue weighted by molar-refractivity contribution is -0.384.